The first-order valence-electron chi connectivity index (χ1n) is 12.8. The fourth-order valence-electron chi connectivity index (χ4n) is 3.97. The van der Waals surface area contributed by atoms with Gasteiger partial charge in [-0.2, -0.15) is 0 Å². The molecule has 2 amide bonds. The molecule has 0 spiro atoms. The van der Waals surface area contributed by atoms with Crippen LogP contribution in [0.25, 0.3) is 0 Å². The van der Waals surface area contributed by atoms with Crippen molar-refractivity contribution in [2.75, 3.05) is 26.1 Å². The molecule has 0 radical (unpaired) electrons. The zero-order chi connectivity index (χ0) is 29.4. The average Bonchev–Trinajstić information content (AvgIpc) is 3.26. The van der Waals surface area contributed by atoms with E-state index < -0.39 is 17.2 Å². The van der Waals surface area contributed by atoms with Crippen molar-refractivity contribution < 1.29 is 33.4 Å². The van der Waals surface area contributed by atoms with Crippen LogP contribution < -0.4 is 10.1 Å². The van der Waals surface area contributed by atoms with E-state index in [2.05, 4.69) is 10.3 Å². The summed E-state index contributed by atoms with van der Waals surface area (Å²) in [6, 6.07) is 20.2. The first-order valence-corrected chi connectivity index (χ1v) is 13.6. The van der Waals surface area contributed by atoms with Gasteiger partial charge in [-0.15, -0.1) is 0 Å². The van der Waals surface area contributed by atoms with E-state index in [1.54, 1.807) is 67.5 Å². The molecule has 1 atom stereocenters. The van der Waals surface area contributed by atoms with Crippen molar-refractivity contribution in [2.45, 2.75) is 25.1 Å². The maximum absolute atomic E-state index is 13.5. The topological polar surface area (TPSA) is 124 Å². The van der Waals surface area contributed by atoms with Crippen LogP contribution in [0.2, 0.25) is 0 Å². The summed E-state index contributed by atoms with van der Waals surface area (Å²) in [5, 5.41) is 2.52. The number of hydrogen-bond acceptors (Lipinski definition) is 9. The van der Waals surface area contributed by atoms with Gasteiger partial charge in [-0.1, -0.05) is 23.9 Å². The molecule has 1 fully saturated rings. The maximum Gasteiger partial charge on any atom is 0.338 e. The summed E-state index contributed by atoms with van der Waals surface area (Å²) in [4.78, 5) is 56.2. The Morgan fingerprint density at radius 2 is 1.54 bits per heavy atom. The molecule has 1 N–H and O–H groups in total. The first-order chi connectivity index (χ1) is 19.8. The molecule has 4 rings (SSSR count). The number of carbonyl (C=O) groups is 4. The third-order valence-electron chi connectivity index (χ3n) is 6.08. The zero-order valence-electron chi connectivity index (χ0n) is 22.8. The Labute approximate surface area is 241 Å². The highest BCUT2D eigenvalue weighted by molar-refractivity contribution is 8.15. The monoisotopic (exact) mass is 575 g/mol. The average molecular weight is 576 g/mol. The molecule has 1 saturated heterocycles. The van der Waals surface area contributed by atoms with E-state index in [4.69, 9.17) is 14.2 Å². The van der Waals surface area contributed by atoms with Gasteiger partial charge >= 0.3 is 11.9 Å². The number of rotatable bonds is 10. The smallest absolute Gasteiger partial charge is 0.338 e. The van der Waals surface area contributed by atoms with Gasteiger partial charge in [0.05, 0.1) is 44.2 Å². The lowest BCUT2D eigenvalue weighted by Gasteiger charge is -2.17. The zero-order valence-corrected chi connectivity index (χ0v) is 23.6. The number of hydrogen-bond donors (Lipinski definition) is 1. The Morgan fingerprint density at radius 3 is 2.15 bits per heavy atom. The number of anilines is 1. The Hall–Kier alpha value is -4.64. The second-order valence-corrected chi connectivity index (χ2v) is 10.0. The highest BCUT2D eigenvalue weighted by Gasteiger charge is 2.39. The summed E-state index contributed by atoms with van der Waals surface area (Å²) < 4.78 is 14.9. The Balaban J connectivity index is 1.52. The molecule has 0 bridgehead atoms. The lowest BCUT2D eigenvalue weighted by atomic mass is 10.2. The quantitative estimate of drug-likeness (QED) is 0.342. The third kappa shape index (κ3) is 7.52. The number of amides is 2. The van der Waals surface area contributed by atoms with Crippen LogP contribution in [-0.4, -0.2) is 59.9 Å². The summed E-state index contributed by atoms with van der Waals surface area (Å²) >= 11 is 1.20. The van der Waals surface area contributed by atoms with E-state index in [9.17, 15) is 19.2 Å². The number of carbonyl (C=O) groups excluding carboxylic acids is 4. The minimum atomic E-state index is -0.694. The fourth-order valence-corrected chi connectivity index (χ4v) is 5.13. The van der Waals surface area contributed by atoms with Crippen LogP contribution in [0.4, 0.5) is 11.4 Å². The van der Waals surface area contributed by atoms with Crippen molar-refractivity contribution in [1.82, 2.24) is 4.90 Å². The molecule has 0 unspecified atom stereocenters. The van der Waals surface area contributed by atoms with E-state index in [-0.39, 0.29) is 31.4 Å². The van der Waals surface area contributed by atoms with E-state index in [0.29, 0.717) is 33.4 Å². The molecule has 212 valence electrons. The molecule has 0 aromatic heterocycles. The van der Waals surface area contributed by atoms with Gasteiger partial charge in [0, 0.05) is 12.1 Å². The highest BCUT2D eigenvalue weighted by Crippen LogP contribution is 2.33. The number of amidine groups is 1. The van der Waals surface area contributed by atoms with Gasteiger partial charge in [0.2, 0.25) is 11.8 Å². The van der Waals surface area contributed by atoms with E-state index in [0.717, 1.165) is 5.56 Å². The van der Waals surface area contributed by atoms with Crippen molar-refractivity contribution in [1.29, 1.82) is 0 Å². The molecular weight excluding hydrogens is 546 g/mol. The molecule has 3 aromatic rings. The Bertz CT molecular complexity index is 1440. The molecule has 1 heterocycles. The predicted octanol–water partition coefficient (Wildman–Crippen LogP) is 4.82. The molecular formula is C30H29N3O7S. The van der Waals surface area contributed by atoms with Crippen LogP contribution in [0.1, 0.15) is 39.6 Å². The van der Waals surface area contributed by atoms with Gasteiger partial charge in [-0.25, -0.2) is 14.6 Å². The van der Waals surface area contributed by atoms with Gasteiger partial charge in [0.1, 0.15) is 11.0 Å². The van der Waals surface area contributed by atoms with Gasteiger partial charge < -0.3 is 19.5 Å². The summed E-state index contributed by atoms with van der Waals surface area (Å²) in [5.74, 6) is -0.810. The number of nitrogens with zero attached hydrogens (tertiary/aromatic N) is 2. The third-order valence-corrected chi connectivity index (χ3v) is 7.26. The molecule has 11 heteroatoms. The summed E-state index contributed by atoms with van der Waals surface area (Å²) in [6.07, 6.45) is -0.0812. The van der Waals surface area contributed by atoms with Crippen LogP contribution in [-0.2, 0) is 25.6 Å². The van der Waals surface area contributed by atoms with E-state index in [1.807, 2.05) is 24.3 Å². The van der Waals surface area contributed by atoms with E-state index >= 15 is 0 Å². The molecule has 0 saturated carbocycles. The van der Waals surface area contributed by atoms with Crippen molar-refractivity contribution in [2.24, 2.45) is 4.99 Å². The van der Waals surface area contributed by atoms with Crippen LogP contribution in [0, 0.1) is 0 Å². The van der Waals surface area contributed by atoms with Crippen molar-refractivity contribution in [3.8, 4) is 5.75 Å². The minimum Gasteiger partial charge on any atom is -0.497 e. The standard InChI is InChI=1S/C30H29N3O7S/c1-4-40-29(37)21-9-13-23(14-10-21)32-30-33(18-19-5-15-24(38-2)16-6-19)27(35)25(41-30)17-26(34)31-22-11-7-20(8-12-22)28(36)39-3/h5-16,25H,4,17-18H2,1-3H3,(H,31,34)/t25-/m1/s1. The predicted molar refractivity (Wildman–Crippen MR) is 155 cm³/mol. The molecule has 3 aromatic carbocycles. The lowest BCUT2D eigenvalue weighted by molar-refractivity contribution is -0.128. The summed E-state index contributed by atoms with van der Waals surface area (Å²) in [5.41, 5.74) is 2.65. The molecule has 1 aliphatic rings. The second-order valence-electron chi connectivity index (χ2n) is 8.86. The second kappa shape index (κ2) is 13.6. The molecule has 41 heavy (non-hydrogen) atoms. The fraction of sp³-hybridized carbons (Fsp3) is 0.233. The minimum absolute atomic E-state index is 0.0812. The number of esters is 2. The molecule has 10 nitrogen and oxygen atoms in total. The first kappa shape index (κ1) is 29.3. The van der Waals surface area contributed by atoms with E-state index in [1.165, 1.54) is 18.9 Å². The Kier molecular flexibility index (Phi) is 9.75. The lowest BCUT2D eigenvalue weighted by Crippen LogP contribution is -2.33. The number of thioether (sulfide) groups is 1. The van der Waals surface area contributed by atoms with Crippen LogP contribution >= 0.6 is 11.8 Å². The van der Waals surface area contributed by atoms with Gasteiger partial charge in [-0.05, 0) is 73.2 Å². The maximum atomic E-state index is 13.5. The largest absolute Gasteiger partial charge is 0.497 e. The van der Waals surface area contributed by atoms with Crippen molar-refractivity contribution in [3.63, 3.8) is 0 Å². The normalized spacial score (nSPS) is 15.5. The van der Waals surface area contributed by atoms with Crippen molar-refractivity contribution >= 4 is 52.1 Å². The van der Waals surface area contributed by atoms with Gasteiger partial charge in [-0.3, -0.25) is 14.5 Å². The van der Waals surface area contributed by atoms with Crippen molar-refractivity contribution in [3.05, 3.63) is 89.5 Å². The number of methoxy groups -OCH3 is 2. The number of benzene rings is 3. The summed E-state index contributed by atoms with van der Waals surface area (Å²) in [6.45, 7) is 2.26. The van der Waals surface area contributed by atoms with Gasteiger partial charge in [0.25, 0.3) is 0 Å². The number of aliphatic imine (C=N–C) groups is 1. The number of ether oxygens (including phenoxy) is 3. The Morgan fingerprint density at radius 1 is 0.902 bits per heavy atom. The van der Waals surface area contributed by atoms with Crippen LogP contribution in [0.15, 0.2) is 77.8 Å². The molecule has 1 aliphatic heterocycles. The SMILES string of the molecule is CCOC(=O)c1ccc(N=C2S[C@H](CC(=O)Nc3ccc(C(=O)OC)cc3)C(=O)N2Cc2ccc(OC)cc2)cc1. The van der Waals surface area contributed by atoms with Crippen LogP contribution in [0.3, 0.4) is 0 Å². The van der Waals surface area contributed by atoms with Crippen LogP contribution in [0.5, 0.6) is 5.75 Å². The molecule has 0 aliphatic carbocycles. The number of nitrogens with one attached hydrogen (secondary N) is 1. The highest BCUT2D eigenvalue weighted by atomic mass is 32.2. The summed E-state index contributed by atoms with van der Waals surface area (Å²) in [7, 11) is 2.87. The van der Waals surface area contributed by atoms with Gasteiger partial charge in [0.15, 0.2) is 5.17 Å².